The maximum Gasteiger partial charge on any atom is 0.0963 e. The van der Waals surface area contributed by atoms with Gasteiger partial charge in [0.05, 0.1) is 11.7 Å². The highest BCUT2D eigenvalue weighted by Gasteiger charge is 2.10. The van der Waals surface area contributed by atoms with Crippen LogP contribution in [0, 0.1) is 10.5 Å². The Morgan fingerprint density at radius 3 is 2.83 bits per heavy atom. The molecular formula is C9H8ClFI. The van der Waals surface area contributed by atoms with Crippen LogP contribution in [-0.2, 0) is 0 Å². The molecule has 1 aromatic rings. The van der Waals surface area contributed by atoms with E-state index in [9.17, 15) is 4.39 Å². The van der Waals surface area contributed by atoms with Crippen molar-refractivity contribution in [2.24, 2.45) is 0 Å². The third-order valence-electron chi connectivity index (χ3n) is 1.61. The van der Waals surface area contributed by atoms with Crippen molar-refractivity contribution in [3.63, 3.8) is 0 Å². The first-order valence-corrected chi connectivity index (χ1v) is 4.95. The van der Waals surface area contributed by atoms with Gasteiger partial charge in [0.2, 0.25) is 0 Å². The summed E-state index contributed by atoms with van der Waals surface area (Å²) < 4.78 is 13.2. The Labute approximate surface area is 90.3 Å². The number of alkyl halides is 1. The molecule has 0 aliphatic heterocycles. The Hall–Kier alpha value is 0.170. The van der Waals surface area contributed by atoms with Crippen molar-refractivity contribution >= 4 is 34.2 Å². The fourth-order valence-corrected chi connectivity index (χ4v) is 1.72. The zero-order valence-electron chi connectivity index (χ0n) is 6.36. The smallest absolute Gasteiger partial charge is 0.0963 e. The zero-order chi connectivity index (χ0) is 9.14. The number of hydrogen-bond donors (Lipinski definition) is 0. The maximum atomic E-state index is 12.3. The van der Waals surface area contributed by atoms with Gasteiger partial charge in [0.15, 0.2) is 0 Å². The van der Waals surface area contributed by atoms with E-state index in [0.29, 0.717) is 5.02 Å². The van der Waals surface area contributed by atoms with E-state index in [4.69, 9.17) is 11.6 Å². The van der Waals surface area contributed by atoms with Gasteiger partial charge in [0.1, 0.15) is 0 Å². The Morgan fingerprint density at radius 2 is 2.25 bits per heavy atom. The van der Waals surface area contributed by atoms with Crippen LogP contribution in [0.2, 0.25) is 5.02 Å². The van der Waals surface area contributed by atoms with Crippen molar-refractivity contribution in [2.75, 3.05) is 6.67 Å². The molecule has 0 heterocycles. The van der Waals surface area contributed by atoms with Gasteiger partial charge in [-0.3, -0.25) is 4.39 Å². The molecular weight excluding hydrogens is 289 g/mol. The molecule has 0 aromatic heterocycles. The minimum absolute atomic E-state index is 0.354. The van der Waals surface area contributed by atoms with E-state index < -0.39 is 6.67 Å². The van der Waals surface area contributed by atoms with E-state index in [2.05, 4.69) is 29.5 Å². The highest BCUT2D eigenvalue weighted by Crippen LogP contribution is 2.28. The Kier molecular flexibility index (Phi) is 3.77. The molecule has 65 valence electrons. The number of halogens is 3. The second kappa shape index (κ2) is 4.42. The molecule has 0 aliphatic rings. The third-order valence-corrected chi connectivity index (χ3v) is 3.25. The molecule has 1 radical (unpaired) electrons. The quantitative estimate of drug-likeness (QED) is 0.728. The fraction of sp³-hybridized carbons (Fsp3) is 0.222. The van der Waals surface area contributed by atoms with E-state index >= 15 is 0 Å². The minimum atomic E-state index is -0.472. The molecule has 0 spiro atoms. The lowest BCUT2D eigenvalue weighted by atomic mass is 10.0. The van der Waals surface area contributed by atoms with Crippen molar-refractivity contribution in [2.45, 2.75) is 5.92 Å². The molecule has 0 saturated carbocycles. The average molecular weight is 298 g/mol. The molecule has 0 saturated heterocycles. The predicted octanol–water partition coefficient (Wildman–Crippen LogP) is 3.83. The number of benzene rings is 1. The summed E-state index contributed by atoms with van der Waals surface area (Å²) in [4.78, 5) is 0. The molecule has 0 nitrogen and oxygen atoms in total. The van der Waals surface area contributed by atoms with E-state index in [-0.39, 0.29) is 5.92 Å². The van der Waals surface area contributed by atoms with Crippen LogP contribution < -0.4 is 0 Å². The van der Waals surface area contributed by atoms with Crippen LogP contribution in [0.3, 0.4) is 0 Å². The first kappa shape index (κ1) is 10.3. The molecule has 1 aromatic carbocycles. The number of hydrogen-bond acceptors (Lipinski definition) is 0. The van der Waals surface area contributed by atoms with Gasteiger partial charge in [-0.15, -0.1) is 0 Å². The van der Waals surface area contributed by atoms with Crippen LogP contribution in [-0.4, -0.2) is 6.67 Å². The van der Waals surface area contributed by atoms with Crippen LogP contribution >= 0.6 is 34.2 Å². The summed E-state index contributed by atoms with van der Waals surface area (Å²) >= 11 is 8.07. The summed E-state index contributed by atoms with van der Waals surface area (Å²) in [5.41, 5.74) is 0.783. The molecule has 0 N–H and O–H groups in total. The molecule has 0 aliphatic carbocycles. The lowest BCUT2D eigenvalue weighted by Crippen LogP contribution is -1.97. The van der Waals surface area contributed by atoms with Crippen LogP contribution in [0.15, 0.2) is 18.2 Å². The summed E-state index contributed by atoms with van der Waals surface area (Å²) in [5, 5.41) is 0.621. The molecule has 0 bridgehead atoms. The Bertz CT molecular complexity index is 275. The number of rotatable bonds is 2. The zero-order valence-corrected chi connectivity index (χ0v) is 9.27. The standard InChI is InChI=1S/C9H8ClFI/c1-6(5-11)7-3-2-4-8(12)9(7)10/h2-4,6H,1,5H2. The SMILES string of the molecule is [CH2]C(CF)c1cccc(I)c1Cl. The molecule has 1 atom stereocenters. The van der Waals surface area contributed by atoms with E-state index in [1.165, 1.54) is 0 Å². The topological polar surface area (TPSA) is 0 Å². The lowest BCUT2D eigenvalue weighted by Gasteiger charge is -2.09. The highest BCUT2D eigenvalue weighted by atomic mass is 127. The van der Waals surface area contributed by atoms with Gasteiger partial charge in [-0.1, -0.05) is 23.7 Å². The van der Waals surface area contributed by atoms with Crippen molar-refractivity contribution in [1.29, 1.82) is 0 Å². The summed E-state index contributed by atoms with van der Waals surface area (Å²) in [6.07, 6.45) is 0. The Balaban J connectivity index is 3.07. The van der Waals surface area contributed by atoms with Gasteiger partial charge in [0.25, 0.3) is 0 Å². The second-order valence-corrected chi connectivity index (χ2v) is 4.03. The van der Waals surface area contributed by atoms with Crippen molar-refractivity contribution in [3.05, 3.63) is 39.3 Å². The van der Waals surface area contributed by atoms with Crippen LogP contribution in [0.1, 0.15) is 11.5 Å². The van der Waals surface area contributed by atoms with Gasteiger partial charge in [-0.25, -0.2) is 0 Å². The fourth-order valence-electron chi connectivity index (χ4n) is 0.919. The predicted molar refractivity (Wildman–Crippen MR) is 58.2 cm³/mol. The first-order valence-electron chi connectivity index (χ1n) is 3.49. The molecule has 1 rings (SSSR count). The molecule has 12 heavy (non-hydrogen) atoms. The van der Waals surface area contributed by atoms with Gasteiger partial charge in [-0.2, -0.15) is 0 Å². The molecule has 1 unspecified atom stereocenters. The van der Waals surface area contributed by atoms with E-state index in [0.717, 1.165) is 9.13 Å². The first-order chi connectivity index (χ1) is 5.66. The van der Waals surface area contributed by atoms with Crippen molar-refractivity contribution in [3.8, 4) is 0 Å². The summed E-state index contributed by atoms with van der Waals surface area (Å²) in [7, 11) is 0. The van der Waals surface area contributed by atoms with E-state index in [1.807, 2.05) is 18.2 Å². The summed E-state index contributed by atoms with van der Waals surface area (Å²) in [5.74, 6) is -0.354. The second-order valence-electron chi connectivity index (χ2n) is 2.49. The van der Waals surface area contributed by atoms with Crippen molar-refractivity contribution in [1.82, 2.24) is 0 Å². The highest BCUT2D eigenvalue weighted by molar-refractivity contribution is 14.1. The molecule has 0 fully saturated rings. The third kappa shape index (κ3) is 2.10. The van der Waals surface area contributed by atoms with Crippen molar-refractivity contribution < 1.29 is 4.39 Å². The van der Waals surface area contributed by atoms with Gasteiger partial charge >= 0.3 is 0 Å². The van der Waals surface area contributed by atoms with Crippen LogP contribution in [0.4, 0.5) is 4.39 Å². The Morgan fingerprint density at radius 1 is 1.58 bits per heavy atom. The molecule has 3 heteroatoms. The summed E-state index contributed by atoms with van der Waals surface area (Å²) in [6.45, 7) is 3.19. The lowest BCUT2D eigenvalue weighted by molar-refractivity contribution is 0.465. The molecule has 0 amide bonds. The monoisotopic (exact) mass is 297 g/mol. The van der Waals surface area contributed by atoms with Crippen LogP contribution in [0.5, 0.6) is 0 Å². The van der Waals surface area contributed by atoms with Crippen LogP contribution in [0.25, 0.3) is 0 Å². The van der Waals surface area contributed by atoms with Gasteiger partial charge in [0, 0.05) is 9.49 Å². The minimum Gasteiger partial charge on any atom is -0.250 e. The average Bonchev–Trinajstić information content (AvgIpc) is 2.08. The van der Waals surface area contributed by atoms with Gasteiger partial charge in [-0.05, 0) is 41.1 Å². The maximum absolute atomic E-state index is 12.3. The normalized spacial score (nSPS) is 13.0. The van der Waals surface area contributed by atoms with E-state index in [1.54, 1.807) is 0 Å². The largest absolute Gasteiger partial charge is 0.250 e. The summed E-state index contributed by atoms with van der Waals surface area (Å²) in [6, 6.07) is 5.55. The van der Waals surface area contributed by atoms with Gasteiger partial charge < -0.3 is 0 Å².